The molecule has 4 rings (SSSR count). The molecule has 2 saturated carbocycles. The van der Waals surface area contributed by atoms with E-state index in [0.29, 0.717) is 42.1 Å². The van der Waals surface area contributed by atoms with E-state index in [4.69, 9.17) is 9.05 Å². The summed E-state index contributed by atoms with van der Waals surface area (Å²) in [6.45, 7) is 14.3. The molecule has 39 heavy (non-hydrogen) atoms. The van der Waals surface area contributed by atoms with Gasteiger partial charge in [-0.15, -0.1) is 0 Å². The zero-order valence-corrected chi connectivity index (χ0v) is 26.0. The van der Waals surface area contributed by atoms with Crippen LogP contribution in [-0.4, -0.2) is 12.2 Å². The van der Waals surface area contributed by atoms with Crippen LogP contribution >= 0.6 is 7.60 Å². The van der Waals surface area contributed by atoms with Crippen LogP contribution in [0.25, 0.3) is 0 Å². The maximum Gasteiger partial charge on any atom is 0.352 e. The van der Waals surface area contributed by atoms with Crippen LogP contribution in [0.1, 0.15) is 97.0 Å². The summed E-state index contributed by atoms with van der Waals surface area (Å²) in [5.74, 6) is 2.30. The van der Waals surface area contributed by atoms with Crippen molar-refractivity contribution in [3.8, 4) is 0 Å². The third-order valence-electron chi connectivity index (χ3n) is 9.26. The Balaban J connectivity index is 1.73. The predicted molar refractivity (Wildman–Crippen MR) is 163 cm³/mol. The van der Waals surface area contributed by atoms with Crippen molar-refractivity contribution >= 4 is 7.60 Å². The fraction of sp³-hybridized carbons (Fsp3) is 0.647. The van der Waals surface area contributed by atoms with Crippen molar-refractivity contribution in [2.24, 2.45) is 35.5 Å². The lowest BCUT2D eigenvalue weighted by Gasteiger charge is -2.43. The van der Waals surface area contributed by atoms with Gasteiger partial charge in [0.15, 0.2) is 0 Å². The van der Waals surface area contributed by atoms with Crippen molar-refractivity contribution in [2.45, 2.75) is 105 Å². The van der Waals surface area contributed by atoms with Crippen LogP contribution in [0.15, 0.2) is 60.7 Å². The van der Waals surface area contributed by atoms with Crippen molar-refractivity contribution < 1.29 is 13.6 Å². The van der Waals surface area contributed by atoms with E-state index in [1.807, 2.05) is 24.3 Å². The summed E-state index contributed by atoms with van der Waals surface area (Å²) in [5, 5.41) is 3.67. The largest absolute Gasteiger partial charge is 0.352 e. The SMILES string of the molecule is CC(C)[C@H]1CC[C@@H](C)C[C@H]1OP(=O)(O[C@@H]1C[C@H](C)CC[C@@H]1C(C)C)[C@H](NCc1ccccc1)c1ccccc1. The molecule has 5 heteroatoms. The Morgan fingerprint density at radius 2 is 1.21 bits per heavy atom. The fourth-order valence-corrected chi connectivity index (χ4v) is 9.24. The van der Waals surface area contributed by atoms with Crippen molar-refractivity contribution in [2.75, 3.05) is 0 Å². The second-order valence-electron chi connectivity index (χ2n) is 13.2. The monoisotopic (exact) mass is 553 g/mol. The van der Waals surface area contributed by atoms with Gasteiger partial charge >= 0.3 is 7.60 Å². The molecule has 2 aliphatic rings. The molecule has 0 heterocycles. The van der Waals surface area contributed by atoms with Gasteiger partial charge in [0.1, 0.15) is 5.78 Å². The van der Waals surface area contributed by atoms with Crippen molar-refractivity contribution in [3.05, 3.63) is 71.8 Å². The zero-order chi connectivity index (χ0) is 28.0. The van der Waals surface area contributed by atoms with Gasteiger partial charge in [0.05, 0.1) is 12.2 Å². The second-order valence-corrected chi connectivity index (χ2v) is 15.2. The summed E-state index contributed by atoms with van der Waals surface area (Å²) in [5.41, 5.74) is 2.12. The molecule has 1 N–H and O–H groups in total. The van der Waals surface area contributed by atoms with Crippen LogP contribution in [0.4, 0.5) is 0 Å². The van der Waals surface area contributed by atoms with Crippen molar-refractivity contribution in [3.63, 3.8) is 0 Å². The number of benzene rings is 2. The van der Waals surface area contributed by atoms with Gasteiger partial charge in [0.25, 0.3) is 0 Å². The number of nitrogens with one attached hydrogen (secondary N) is 1. The summed E-state index contributed by atoms with van der Waals surface area (Å²) in [4.78, 5) is 0. The Kier molecular flexibility index (Phi) is 10.9. The average Bonchev–Trinajstić information content (AvgIpc) is 2.89. The Morgan fingerprint density at radius 1 is 0.744 bits per heavy atom. The van der Waals surface area contributed by atoms with Gasteiger partial charge in [0.2, 0.25) is 0 Å². The van der Waals surface area contributed by atoms with Gasteiger partial charge in [0, 0.05) is 6.54 Å². The predicted octanol–water partition coefficient (Wildman–Crippen LogP) is 9.62. The number of hydrogen-bond acceptors (Lipinski definition) is 4. The van der Waals surface area contributed by atoms with Crippen LogP contribution < -0.4 is 5.32 Å². The van der Waals surface area contributed by atoms with Crippen LogP contribution in [0.5, 0.6) is 0 Å². The van der Waals surface area contributed by atoms with E-state index in [1.54, 1.807) is 0 Å². The smallest absolute Gasteiger partial charge is 0.304 e. The van der Waals surface area contributed by atoms with Gasteiger partial charge in [-0.3, -0.25) is 9.88 Å². The lowest BCUT2D eigenvalue weighted by Crippen LogP contribution is -2.38. The normalized spacial score (nSPS) is 29.0. The van der Waals surface area contributed by atoms with Crippen LogP contribution in [0.3, 0.4) is 0 Å². The Hall–Kier alpha value is -1.45. The van der Waals surface area contributed by atoms with Gasteiger partial charge in [-0.1, -0.05) is 115 Å². The van der Waals surface area contributed by atoms with E-state index < -0.39 is 13.4 Å². The average molecular weight is 554 g/mol. The minimum atomic E-state index is -3.64. The lowest BCUT2D eigenvalue weighted by atomic mass is 9.75. The van der Waals surface area contributed by atoms with E-state index in [1.165, 1.54) is 12.8 Å². The van der Waals surface area contributed by atoms with E-state index in [0.717, 1.165) is 36.8 Å². The highest BCUT2D eigenvalue weighted by molar-refractivity contribution is 7.54. The first-order valence-corrected chi connectivity index (χ1v) is 17.1. The maximum absolute atomic E-state index is 15.5. The van der Waals surface area contributed by atoms with E-state index in [9.17, 15) is 0 Å². The highest BCUT2D eigenvalue weighted by Crippen LogP contribution is 2.64. The Labute approximate surface area is 238 Å². The topological polar surface area (TPSA) is 47.6 Å². The van der Waals surface area contributed by atoms with Gasteiger partial charge in [-0.05, 0) is 72.3 Å². The summed E-state index contributed by atoms with van der Waals surface area (Å²) < 4.78 is 29.4. The molecule has 0 bridgehead atoms. The Bertz CT molecular complexity index is 1000. The molecular formula is C34H52NO3P. The molecule has 0 radical (unpaired) electrons. The molecule has 4 nitrogen and oxygen atoms in total. The third-order valence-corrected chi connectivity index (χ3v) is 11.5. The van der Waals surface area contributed by atoms with Crippen LogP contribution in [0, 0.1) is 35.5 Å². The molecule has 2 fully saturated rings. The molecule has 0 unspecified atom stereocenters. The molecule has 216 valence electrons. The molecule has 2 aromatic carbocycles. The van der Waals surface area contributed by atoms with Gasteiger partial charge in [-0.2, -0.15) is 0 Å². The first-order chi connectivity index (χ1) is 18.7. The second kappa shape index (κ2) is 13.9. The summed E-state index contributed by atoms with van der Waals surface area (Å²) >= 11 is 0. The first kappa shape index (κ1) is 30.5. The van der Waals surface area contributed by atoms with Gasteiger partial charge < -0.3 is 9.05 Å². The standard InChI is InChI=1S/C34H52NO3P/c1-24(2)30-19-17-26(5)21-32(30)37-39(36,38-33-22-27(6)18-20-31(33)25(3)4)34(29-15-11-8-12-16-29)35-23-28-13-9-7-10-14-28/h7-16,24-27,30-35H,17-23H2,1-6H3/t26-,27-,30-,31-,32-,33-,34+/m1/s1. The summed E-state index contributed by atoms with van der Waals surface area (Å²) in [6, 6.07) is 20.5. The molecule has 0 aliphatic heterocycles. The Morgan fingerprint density at radius 3 is 1.67 bits per heavy atom. The highest BCUT2D eigenvalue weighted by atomic mass is 31.2. The molecular weight excluding hydrogens is 501 g/mol. The molecule has 2 aromatic rings. The molecule has 7 atom stereocenters. The molecule has 0 spiro atoms. The molecule has 0 saturated heterocycles. The zero-order valence-electron chi connectivity index (χ0n) is 25.1. The van der Waals surface area contributed by atoms with Crippen LogP contribution in [-0.2, 0) is 20.2 Å². The quantitative estimate of drug-likeness (QED) is 0.281. The van der Waals surface area contributed by atoms with E-state index in [2.05, 4.69) is 83.3 Å². The minimum absolute atomic E-state index is 0.0668. The first-order valence-electron chi connectivity index (χ1n) is 15.4. The molecule has 2 aliphatic carbocycles. The van der Waals surface area contributed by atoms with Crippen LogP contribution in [0.2, 0.25) is 0 Å². The minimum Gasteiger partial charge on any atom is -0.304 e. The van der Waals surface area contributed by atoms with Crippen molar-refractivity contribution in [1.82, 2.24) is 5.32 Å². The summed E-state index contributed by atoms with van der Waals surface area (Å²) in [7, 11) is -3.64. The maximum atomic E-state index is 15.5. The van der Waals surface area contributed by atoms with Gasteiger partial charge in [-0.25, -0.2) is 0 Å². The summed E-state index contributed by atoms with van der Waals surface area (Å²) in [6.07, 6.45) is 6.38. The van der Waals surface area contributed by atoms with E-state index in [-0.39, 0.29) is 12.2 Å². The third kappa shape index (κ3) is 8.07. The number of hydrogen-bond donors (Lipinski definition) is 1. The van der Waals surface area contributed by atoms with E-state index >= 15 is 4.57 Å². The molecule has 0 amide bonds. The van der Waals surface area contributed by atoms with Crippen molar-refractivity contribution in [1.29, 1.82) is 0 Å². The number of rotatable bonds is 11. The highest BCUT2D eigenvalue weighted by Gasteiger charge is 2.46. The fourth-order valence-electron chi connectivity index (χ4n) is 6.85. The lowest BCUT2D eigenvalue weighted by molar-refractivity contribution is -0.00694. The molecule has 0 aromatic heterocycles.